The topological polar surface area (TPSA) is 348 Å². The number of amides is 4. The van der Waals surface area contributed by atoms with Crippen molar-refractivity contribution >= 4 is 96.3 Å². The zero-order valence-corrected chi connectivity index (χ0v) is 73.6. The predicted octanol–water partition coefficient (Wildman–Crippen LogP) is 8.69. The number of nitrogen functional groups attached to an aromatic ring is 1. The van der Waals surface area contributed by atoms with E-state index >= 15 is 0 Å². The Morgan fingerprint density at radius 2 is 0.820 bits per heavy atom. The number of carbonyl (C=O) groups excluding carboxylic acids is 4. The van der Waals surface area contributed by atoms with E-state index in [1.54, 1.807) is 38.0 Å². The first-order valence-electron chi connectivity index (χ1n) is 41.2. The Morgan fingerprint density at radius 3 is 1.15 bits per heavy atom. The van der Waals surface area contributed by atoms with Crippen molar-refractivity contribution in [1.29, 1.82) is 0 Å². The average molecular weight is 1770 g/mol. The Balaban J connectivity index is 0.000000173. The molecule has 5 saturated heterocycles. The standard InChI is InChI=1S/C24H28N8O3.C15H23N3O2.C15H22N2O5S.C14H20N2O3.C12H18N2O.C8H9BrO/c1-29(20-16-21-26-22(19-4-3-15-35-19)28-32(21)23(25)27-20)10-9-17-5-7-18(8-6-17)30-11-13-31(14-12-30)24(33)34-2;1-16-8-7-13-3-5-14(6-4-13)17-9-11-18(12-10-17)15(19)20-2;1-21-15(18)17-10-8-16(9-11-17)14-5-3-13(4-6-14)7-12-22-23(2,19)20;1-19-14(18)16-9-7-15(8-10-16)13-4-2-12(3-5-13)6-11-17;15-10-5-11-1-3-12(4-2-11)14-8-6-13-7-9-14;9-8-3-1-7(2-4-8)5-6-10/h3-8,15-16H,9-14H2,1-2H3,(H2,25,27);3-6,16H,7-12H2,1-2H3;3-6H,7-12H2,1-2H3;2-5,17H,6-11H2,1H3;1-4,13,15H,5-10H2;1-4,10H,5-6H2. The van der Waals surface area contributed by atoms with Crippen molar-refractivity contribution in [2.45, 2.75) is 38.5 Å². The van der Waals surface area contributed by atoms with E-state index < -0.39 is 10.1 Å². The summed E-state index contributed by atoms with van der Waals surface area (Å²) in [6.07, 6.45) is 6.23. The number of anilines is 7. The van der Waals surface area contributed by atoms with Crippen molar-refractivity contribution < 1.29 is 70.5 Å². The number of nitrogens with one attached hydrogen (secondary N) is 2. The molecule has 0 atom stereocenters. The molecule has 34 heteroatoms. The molecule has 0 unspecified atom stereocenters. The Kier molecular flexibility index (Phi) is 38.7. The number of benzene rings is 6. The van der Waals surface area contributed by atoms with Crippen LogP contribution in [0.1, 0.15) is 33.4 Å². The van der Waals surface area contributed by atoms with E-state index in [0.29, 0.717) is 82.4 Å². The van der Waals surface area contributed by atoms with Crippen LogP contribution in [-0.4, -0.2) is 306 Å². The maximum absolute atomic E-state index is 11.7. The van der Waals surface area contributed by atoms with Gasteiger partial charge in [-0.3, -0.25) is 4.18 Å². The Morgan fingerprint density at radius 1 is 0.484 bits per heavy atom. The van der Waals surface area contributed by atoms with Crippen LogP contribution in [0.5, 0.6) is 0 Å². The number of fused-ring (bicyclic) bond motifs is 1. The number of methoxy groups -OCH3 is 4. The number of hydrogen-bond acceptors (Lipinski definition) is 27. The number of likely N-dealkylation sites (N-methyl/N-ethyl adjacent to an activating group) is 2. The van der Waals surface area contributed by atoms with Crippen LogP contribution in [-0.2, 0) is 71.8 Å². The number of furan rings is 1. The Hall–Kier alpha value is -11.0. The van der Waals surface area contributed by atoms with E-state index in [-0.39, 0.29) is 56.7 Å². The number of nitrogens with zero attached hydrogens (tertiary/aromatic N) is 14. The lowest BCUT2D eigenvalue weighted by atomic mass is 10.1. The highest BCUT2D eigenvalue weighted by molar-refractivity contribution is 9.10. The highest BCUT2D eigenvalue weighted by Crippen LogP contribution is 2.26. The minimum absolute atomic E-state index is 0.149. The van der Waals surface area contributed by atoms with Gasteiger partial charge in [0.1, 0.15) is 5.82 Å². The molecule has 0 bridgehead atoms. The fraction of sp³-hybridized carbons (Fsp3) is 0.443. The lowest BCUT2D eigenvalue weighted by Gasteiger charge is -2.35. The molecule has 0 saturated carbocycles. The lowest BCUT2D eigenvalue weighted by molar-refractivity contribution is 0.120. The molecule has 6 aromatic carbocycles. The molecule has 5 aliphatic heterocycles. The summed E-state index contributed by atoms with van der Waals surface area (Å²) < 4.78 is 53.5. The van der Waals surface area contributed by atoms with Crippen LogP contribution >= 0.6 is 15.9 Å². The summed E-state index contributed by atoms with van der Waals surface area (Å²) in [6.45, 7) is 18.7. The van der Waals surface area contributed by atoms with Crippen LogP contribution in [0.25, 0.3) is 17.2 Å². The van der Waals surface area contributed by atoms with E-state index in [0.717, 1.165) is 162 Å². The third-order valence-electron chi connectivity index (χ3n) is 21.1. The minimum atomic E-state index is -3.38. The molecule has 0 spiro atoms. The molecule has 5 fully saturated rings. The summed E-state index contributed by atoms with van der Waals surface area (Å²) in [5.41, 5.74) is 19.8. The van der Waals surface area contributed by atoms with E-state index in [1.165, 1.54) is 66.6 Å². The number of nitrogens with two attached hydrogens (primary N) is 1. The SMILES string of the molecule is CNCCc1ccc(N2CCN(C(=O)OC)CC2)cc1.COC(=O)N1CCN(c2ccc(CCN(C)c3cc4nc(-c5ccco5)nn4c(N)n3)cc2)CC1.COC(=O)N1CCN(c2ccc(CCO)cc2)CC1.COC(=O)N1CCN(c2ccc(CCOS(C)(=O)=O)cc2)CC1.OCCc1ccc(Br)cc1.OCCc1ccc(N2CCNCC2)cc1. The number of aliphatic hydroxyl groups excluding tert-OH is 3. The van der Waals surface area contributed by atoms with Gasteiger partial charge in [-0.25, -0.2) is 24.2 Å². The van der Waals surface area contributed by atoms with E-state index in [4.69, 9.17) is 48.6 Å². The summed E-state index contributed by atoms with van der Waals surface area (Å²) in [6, 6.07) is 55.3. The molecule has 9 aromatic rings. The molecule has 4 amide bonds. The molecule has 660 valence electrons. The number of aromatic nitrogens is 4. The lowest BCUT2D eigenvalue weighted by Crippen LogP contribution is -2.48. The molecular weight excluding hydrogens is 1650 g/mol. The molecule has 0 radical (unpaired) electrons. The molecule has 5 aliphatic rings. The van der Waals surface area contributed by atoms with Gasteiger partial charge in [0.2, 0.25) is 11.8 Å². The van der Waals surface area contributed by atoms with Gasteiger partial charge >= 0.3 is 24.4 Å². The fourth-order valence-corrected chi connectivity index (χ4v) is 14.7. The largest absolute Gasteiger partial charge is 0.461 e. The average Bonchev–Trinajstić information content (AvgIpc) is 1.64. The van der Waals surface area contributed by atoms with Gasteiger partial charge in [0.05, 0.1) is 47.6 Å². The zero-order valence-electron chi connectivity index (χ0n) is 71.2. The van der Waals surface area contributed by atoms with Crippen LogP contribution in [0.15, 0.2) is 179 Å². The molecular formula is C88H120BrN17O15S. The van der Waals surface area contributed by atoms with Crippen LogP contribution < -0.4 is 45.8 Å². The smallest absolute Gasteiger partial charge is 0.409 e. The number of piperazine rings is 5. The summed E-state index contributed by atoms with van der Waals surface area (Å²) in [5.74, 6) is 2.05. The van der Waals surface area contributed by atoms with Gasteiger partial charge in [-0.1, -0.05) is 88.7 Å². The van der Waals surface area contributed by atoms with Gasteiger partial charge in [-0.05, 0) is 170 Å². The summed E-state index contributed by atoms with van der Waals surface area (Å²) in [5, 5.41) is 37.2. The molecule has 0 aliphatic carbocycles. The minimum Gasteiger partial charge on any atom is -0.461 e. The molecule has 3 aromatic heterocycles. The first-order chi connectivity index (χ1) is 59.1. The van der Waals surface area contributed by atoms with Crippen LogP contribution in [0.2, 0.25) is 0 Å². The van der Waals surface area contributed by atoms with Crippen LogP contribution in [0.3, 0.4) is 0 Å². The van der Waals surface area contributed by atoms with Gasteiger partial charge in [0.15, 0.2) is 11.4 Å². The number of carbonyl (C=O) groups is 4. The van der Waals surface area contributed by atoms with Crippen molar-refractivity contribution in [2.24, 2.45) is 0 Å². The van der Waals surface area contributed by atoms with Gasteiger partial charge in [0, 0.05) is 203 Å². The monoisotopic (exact) mass is 1770 g/mol. The van der Waals surface area contributed by atoms with Crippen molar-refractivity contribution in [3.8, 4) is 11.6 Å². The van der Waals surface area contributed by atoms with Crippen molar-refractivity contribution in [3.63, 3.8) is 0 Å². The first kappa shape index (κ1) is 94.9. The third-order valence-corrected chi connectivity index (χ3v) is 22.3. The number of aliphatic hydroxyl groups is 3. The quantitative estimate of drug-likeness (QED) is 0.0257. The number of rotatable bonds is 23. The van der Waals surface area contributed by atoms with Gasteiger partial charge in [-0.2, -0.15) is 17.9 Å². The van der Waals surface area contributed by atoms with Crippen LogP contribution in [0, 0.1) is 0 Å². The van der Waals surface area contributed by atoms with Gasteiger partial charge in [-0.15, -0.1) is 5.10 Å². The number of hydrogen-bond donors (Lipinski definition) is 6. The summed E-state index contributed by atoms with van der Waals surface area (Å²) in [7, 11) is 6.21. The first-order valence-corrected chi connectivity index (χ1v) is 43.8. The van der Waals surface area contributed by atoms with Gasteiger partial charge < -0.3 is 104 Å². The summed E-state index contributed by atoms with van der Waals surface area (Å²) in [4.78, 5) is 75.4. The maximum Gasteiger partial charge on any atom is 0.409 e. The van der Waals surface area contributed by atoms with E-state index in [1.807, 2.05) is 80.8 Å². The molecule has 122 heavy (non-hydrogen) atoms. The second kappa shape index (κ2) is 49.8. The third kappa shape index (κ3) is 30.3. The molecule has 7 N–H and O–H groups in total. The molecule has 32 nitrogen and oxygen atoms in total. The maximum atomic E-state index is 11.7. The van der Waals surface area contributed by atoms with E-state index in [2.05, 4.69) is 156 Å². The Labute approximate surface area is 724 Å². The second-order valence-electron chi connectivity index (χ2n) is 29.3. The van der Waals surface area contributed by atoms with Crippen molar-refractivity contribution in [1.82, 2.24) is 49.8 Å². The van der Waals surface area contributed by atoms with Crippen molar-refractivity contribution in [3.05, 3.63) is 208 Å². The summed E-state index contributed by atoms with van der Waals surface area (Å²) >= 11 is 3.33. The normalized spacial score (nSPS) is 14.7. The predicted molar refractivity (Wildman–Crippen MR) is 481 cm³/mol. The Bertz CT molecular complexity index is 4680. The number of ether oxygens (including phenoxy) is 4. The molecule has 8 heterocycles. The van der Waals surface area contributed by atoms with Crippen LogP contribution in [0.4, 0.5) is 59.4 Å². The molecule has 14 rings (SSSR count). The highest BCUT2D eigenvalue weighted by atomic mass is 79.9. The van der Waals surface area contributed by atoms with Gasteiger partial charge in [0.25, 0.3) is 10.1 Å². The second-order valence-corrected chi connectivity index (χ2v) is 31.9. The van der Waals surface area contributed by atoms with Crippen molar-refractivity contribution in [2.75, 3.05) is 254 Å². The fourth-order valence-electron chi connectivity index (χ4n) is 14.0. The highest BCUT2D eigenvalue weighted by Gasteiger charge is 2.27. The number of halogens is 1. The zero-order chi connectivity index (χ0) is 87.2. The van der Waals surface area contributed by atoms with E-state index in [9.17, 15) is 27.6 Å².